The molecule has 0 radical (unpaired) electrons. The maximum Gasteiger partial charge on any atom is 0.251 e. The van der Waals surface area contributed by atoms with Crippen molar-refractivity contribution < 1.29 is 4.79 Å². The molecule has 0 aliphatic carbocycles. The fourth-order valence-electron chi connectivity index (χ4n) is 1.89. The Balaban J connectivity index is 2.65. The van der Waals surface area contributed by atoms with Gasteiger partial charge in [0.15, 0.2) is 0 Å². The summed E-state index contributed by atoms with van der Waals surface area (Å²) in [7, 11) is 1.76. The van der Waals surface area contributed by atoms with Crippen LogP contribution in [0.2, 0.25) is 0 Å². The predicted octanol–water partition coefficient (Wildman–Crippen LogP) is 2.98. The number of carbonyl (C=O) groups excluding carboxylic acids is 1. The summed E-state index contributed by atoms with van der Waals surface area (Å²) < 4.78 is 0. The molecule has 0 spiro atoms. The van der Waals surface area contributed by atoms with Crippen LogP contribution in [0.25, 0.3) is 0 Å². The second kappa shape index (κ2) is 7.64. The zero-order chi connectivity index (χ0) is 13.4. The van der Waals surface area contributed by atoms with E-state index in [-0.39, 0.29) is 11.9 Å². The number of benzene rings is 1. The molecule has 0 saturated carbocycles. The second-order valence-electron chi connectivity index (χ2n) is 4.51. The lowest BCUT2D eigenvalue weighted by Gasteiger charge is -2.16. The summed E-state index contributed by atoms with van der Waals surface area (Å²) >= 11 is 0. The van der Waals surface area contributed by atoms with Crippen LogP contribution in [-0.4, -0.2) is 25.2 Å². The number of carbonyl (C=O) groups is 1. The first-order chi connectivity index (χ1) is 8.67. The number of hydrogen-bond donors (Lipinski definition) is 1. The molecule has 0 heterocycles. The van der Waals surface area contributed by atoms with Crippen LogP contribution in [0.3, 0.4) is 0 Å². The quantitative estimate of drug-likeness (QED) is 0.770. The third-order valence-electron chi connectivity index (χ3n) is 2.83. The van der Waals surface area contributed by atoms with Crippen molar-refractivity contribution >= 4 is 12.1 Å². The number of aryl methyl sites for hydroxylation is 1. The van der Waals surface area contributed by atoms with Crippen LogP contribution in [0, 0.1) is 6.92 Å². The monoisotopic (exact) mass is 246 g/mol. The van der Waals surface area contributed by atoms with Gasteiger partial charge in [-0.05, 0) is 25.5 Å². The third kappa shape index (κ3) is 4.70. The van der Waals surface area contributed by atoms with Gasteiger partial charge in [-0.25, -0.2) is 0 Å². The molecule has 1 unspecified atom stereocenters. The minimum atomic E-state index is 0.00153. The summed E-state index contributed by atoms with van der Waals surface area (Å²) in [6, 6.07) is 7.83. The highest BCUT2D eigenvalue weighted by Gasteiger charge is 2.12. The Morgan fingerprint density at radius 1 is 1.50 bits per heavy atom. The molecule has 0 aromatic heterocycles. The number of aliphatic imine (C=N–C) groups is 1. The molecule has 18 heavy (non-hydrogen) atoms. The standard InChI is InChI=1S/C15H22N2O/c1-4-6-14(9-10-16-3)17-15(18)13-8-5-7-12(2)11-13/h5,7-8,10-11,14H,4,6,9H2,1-3H3,(H,17,18). The lowest BCUT2D eigenvalue weighted by atomic mass is 10.1. The highest BCUT2D eigenvalue weighted by atomic mass is 16.1. The van der Waals surface area contributed by atoms with E-state index in [0.717, 1.165) is 30.4 Å². The van der Waals surface area contributed by atoms with Crippen molar-refractivity contribution in [3.8, 4) is 0 Å². The first-order valence-electron chi connectivity index (χ1n) is 6.45. The molecule has 1 rings (SSSR count). The number of nitrogens with one attached hydrogen (secondary N) is 1. The van der Waals surface area contributed by atoms with E-state index in [1.165, 1.54) is 0 Å². The number of amides is 1. The van der Waals surface area contributed by atoms with Crippen molar-refractivity contribution in [1.29, 1.82) is 0 Å². The molecule has 1 aromatic carbocycles. The van der Waals surface area contributed by atoms with Gasteiger partial charge in [-0.1, -0.05) is 31.0 Å². The maximum absolute atomic E-state index is 12.1. The molecule has 1 amide bonds. The first-order valence-corrected chi connectivity index (χ1v) is 6.45. The van der Waals surface area contributed by atoms with Crippen LogP contribution in [0.1, 0.15) is 42.1 Å². The smallest absolute Gasteiger partial charge is 0.251 e. The maximum atomic E-state index is 12.1. The summed E-state index contributed by atoms with van der Waals surface area (Å²) in [5, 5.41) is 3.07. The Hall–Kier alpha value is -1.64. The van der Waals surface area contributed by atoms with E-state index in [0.29, 0.717) is 0 Å². The normalized spacial score (nSPS) is 12.6. The summed E-state index contributed by atoms with van der Waals surface area (Å²) in [5.74, 6) is 0.00153. The van der Waals surface area contributed by atoms with E-state index in [4.69, 9.17) is 0 Å². The summed E-state index contributed by atoms with van der Waals surface area (Å²) in [6.45, 7) is 4.11. The predicted molar refractivity (Wildman–Crippen MR) is 76.4 cm³/mol. The molecule has 1 aromatic rings. The fraction of sp³-hybridized carbons (Fsp3) is 0.467. The number of rotatable bonds is 6. The van der Waals surface area contributed by atoms with Gasteiger partial charge in [0.05, 0.1) is 0 Å². The highest BCUT2D eigenvalue weighted by Crippen LogP contribution is 2.06. The fourth-order valence-corrected chi connectivity index (χ4v) is 1.89. The second-order valence-corrected chi connectivity index (χ2v) is 4.51. The Bertz CT molecular complexity index is 413. The molecule has 98 valence electrons. The lowest BCUT2D eigenvalue weighted by Crippen LogP contribution is -2.35. The van der Waals surface area contributed by atoms with Crippen LogP contribution in [-0.2, 0) is 0 Å². The average Bonchev–Trinajstić information content (AvgIpc) is 2.36. The molecule has 3 nitrogen and oxygen atoms in total. The van der Waals surface area contributed by atoms with Crippen molar-refractivity contribution in [1.82, 2.24) is 5.32 Å². The van der Waals surface area contributed by atoms with Crippen molar-refractivity contribution in [3.63, 3.8) is 0 Å². The van der Waals surface area contributed by atoms with Crippen molar-refractivity contribution in [2.24, 2.45) is 4.99 Å². The molecule has 0 saturated heterocycles. The molecule has 0 aliphatic rings. The van der Waals surface area contributed by atoms with Crippen LogP contribution in [0.4, 0.5) is 0 Å². The van der Waals surface area contributed by atoms with Crippen LogP contribution in [0.5, 0.6) is 0 Å². The zero-order valence-corrected chi connectivity index (χ0v) is 11.4. The van der Waals surface area contributed by atoms with E-state index in [2.05, 4.69) is 17.2 Å². The van der Waals surface area contributed by atoms with Crippen LogP contribution in [0.15, 0.2) is 29.3 Å². The lowest BCUT2D eigenvalue weighted by molar-refractivity contribution is 0.0936. The van der Waals surface area contributed by atoms with Crippen molar-refractivity contribution in [2.45, 2.75) is 39.2 Å². The Kier molecular flexibility index (Phi) is 6.12. The van der Waals surface area contributed by atoms with Gasteiger partial charge in [-0.2, -0.15) is 0 Å². The van der Waals surface area contributed by atoms with Gasteiger partial charge < -0.3 is 10.3 Å². The Morgan fingerprint density at radius 3 is 2.89 bits per heavy atom. The number of hydrogen-bond acceptors (Lipinski definition) is 2. The average molecular weight is 246 g/mol. The summed E-state index contributed by atoms with van der Waals surface area (Å²) in [4.78, 5) is 16.1. The Morgan fingerprint density at radius 2 is 2.28 bits per heavy atom. The van der Waals surface area contributed by atoms with Gasteiger partial charge in [0.2, 0.25) is 0 Å². The molecular formula is C15H22N2O. The van der Waals surface area contributed by atoms with E-state index < -0.39 is 0 Å². The SMILES string of the molecule is CCCC(CC=NC)NC(=O)c1cccc(C)c1. The van der Waals surface area contributed by atoms with E-state index in [9.17, 15) is 4.79 Å². The van der Waals surface area contributed by atoms with Crippen molar-refractivity contribution in [2.75, 3.05) is 7.05 Å². The minimum Gasteiger partial charge on any atom is -0.349 e. The Labute approximate surface area is 109 Å². The van der Waals surface area contributed by atoms with E-state index >= 15 is 0 Å². The molecule has 0 bridgehead atoms. The van der Waals surface area contributed by atoms with Gasteiger partial charge in [0.25, 0.3) is 5.91 Å². The summed E-state index contributed by atoms with van der Waals surface area (Å²) in [5.41, 5.74) is 1.83. The van der Waals surface area contributed by atoms with Crippen molar-refractivity contribution in [3.05, 3.63) is 35.4 Å². The topological polar surface area (TPSA) is 41.5 Å². The minimum absolute atomic E-state index is 0.00153. The zero-order valence-electron chi connectivity index (χ0n) is 11.4. The third-order valence-corrected chi connectivity index (χ3v) is 2.83. The van der Waals surface area contributed by atoms with Gasteiger partial charge in [0.1, 0.15) is 0 Å². The molecule has 0 aliphatic heterocycles. The molecule has 3 heteroatoms. The molecular weight excluding hydrogens is 224 g/mol. The van der Waals surface area contributed by atoms with Gasteiger partial charge >= 0.3 is 0 Å². The van der Waals surface area contributed by atoms with E-state index in [1.807, 2.05) is 37.4 Å². The molecule has 1 N–H and O–H groups in total. The molecule has 0 fully saturated rings. The largest absolute Gasteiger partial charge is 0.349 e. The highest BCUT2D eigenvalue weighted by molar-refractivity contribution is 5.94. The van der Waals surface area contributed by atoms with E-state index in [1.54, 1.807) is 7.05 Å². The van der Waals surface area contributed by atoms with Gasteiger partial charge in [-0.15, -0.1) is 0 Å². The summed E-state index contributed by atoms with van der Waals surface area (Å²) in [6.07, 6.45) is 4.68. The number of nitrogens with zero attached hydrogens (tertiary/aromatic N) is 1. The van der Waals surface area contributed by atoms with Gasteiger partial charge in [0, 0.05) is 31.3 Å². The van der Waals surface area contributed by atoms with Gasteiger partial charge in [-0.3, -0.25) is 4.79 Å². The van der Waals surface area contributed by atoms with Crippen LogP contribution >= 0.6 is 0 Å². The molecule has 1 atom stereocenters. The van der Waals surface area contributed by atoms with Crippen LogP contribution < -0.4 is 5.32 Å². The first kappa shape index (κ1) is 14.4.